The molecule has 0 saturated heterocycles. The Hall–Kier alpha value is -2.13. The van der Waals surface area contributed by atoms with Gasteiger partial charge < -0.3 is 10.1 Å². The smallest absolute Gasteiger partial charge is 0.331 e. The van der Waals surface area contributed by atoms with Crippen LogP contribution in [0.3, 0.4) is 0 Å². The monoisotopic (exact) mass is 332 g/mol. The Labute approximate surface area is 139 Å². The number of nitrogens with one attached hydrogen (secondary N) is 1. The van der Waals surface area contributed by atoms with E-state index in [1.165, 1.54) is 24.3 Å². The van der Waals surface area contributed by atoms with Gasteiger partial charge in [-0.05, 0) is 48.2 Å². The van der Waals surface area contributed by atoms with Crippen LogP contribution in [0.15, 0.2) is 22.9 Å². The lowest BCUT2D eigenvalue weighted by Crippen LogP contribution is -2.52. The molecule has 0 radical (unpaired) electrons. The molecule has 0 bridgehead atoms. The minimum absolute atomic E-state index is 0.425. The third-order valence-corrected chi connectivity index (χ3v) is 4.60. The molecule has 2 rings (SSSR count). The highest BCUT2D eigenvalue weighted by Crippen LogP contribution is 2.27. The van der Waals surface area contributed by atoms with Crippen LogP contribution in [0.4, 0.5) is 0 Å². The fourth-order valence-electron chi connectivity index (χ4n) is 2.56. The normalized spacial score (nSPS) is 18.1. The topological polar surface area (TPSA) is 79.2 Å². The third kappa shape index (κ3) is 4.93. The molecular weight excluding hydrogens is 312 g/mol. The maximum absolute atomic E-state index is 12.2. The van der Waals surface area contributed by atoms with Crippen LogP contribution in [0.2, 0.25) is 0 Å². The van der Waals surface area contributed by atoms with E-state index in [0.29, 0.717) is 12.8 Å². The van der Waals surface area contributed by atoms with E-state index < -0.39 is 23.5 Å². The first-order valence-electron chi connectivity index (χ1n) is 7.69. The molecule has 1 aromatic heterocycles. The van der Waals surface area contributed by atoms with Gasteiger partial charge in [-0.2, -0.15) is 16.6 Å². The summed E-state index contributed by atoms with van der Waals surface area (Å²) in [5.74, 6) is -1.00. The molecule has 1 atom stereocenters. The molecule has 5 nitrogen and oxygen atoms in total. The number of nitrogens with zero attached hydrogens (tertiary/aromatic N) is 1. The molecule has 122 valence electrons. The number of amides is 1. The molecule has 1 aliphatic rings. The summed E-state index contributed by atoms with van der Waals surface area (Å²) in [4.78, 5) is 23.9. The van der Waals surface area contributed by atoms with Crippen molar-refractivity contribution in [2.45, 2.75) is 50.7 Å². The van der Waals surface area contributed by atoms with Crippen molar-refractivity contribution < 1.29 is 14.3 Å². The Morgan fingerprint density at radius 1 is 1.43 bits per heavy atom. The fraction of sp³-hybridized carbons (Fsp3) is 0.471. The van der Waals surface area contributed by atoms with Crippen LogP contribution in [0.25, 0.3) is 6.08 Å². The molecule has 6 heteroatoms. The van der Waals surface area contributed by atoms with Gasteiger partial charge >= 0.3 is 5.97 Å². The molecule has 23 heavy (non-hydrogen) atoms. The van der Waals surface area contributed by atoms with Crippen LogP contribution >= 0.6 is 11.3 Å². The second-order valence-electron chi connectivity index (χ2n) is 5.71. The summed E-state index contributed by atoms with van der Waals surface area (Å²) in [6, 6.07) is 4.09. The molecule has 1 saturated carbocycles. The standard InChI is InChI=1S/C17H20N2O3S/c1-13(22-15(20)6-5-14-7-10-23-11-14)16(21)19-17(12-18)8-3-2-4-9-17/h5-7,10-11,13H,2-4,8-9H2,1H3,(H,19,21)/b6-5+/t13-/m1/s1. The summed E-state index contributed by atoms with van der Waals surface area (Å²) < 4.78 is 5.10. The summed E-state index contributed by atoms with van der Waals surface area (Å²) in [5.41, 5.74) is 0.0948. The highest BCUT2D eigenvalue weighted by molar-refractivity contribution is 7.08. The summed E-state index contributed by atoms with van der Waals surface area (Å²) in [5, 5.41) is 15.9. The van der Waals surface area contributed by atoms with Crippen molar-refractivity contribution >= 4 is 29.3 Å². The van der Waals surface area contributed by atoms with Gasteiger partial charge in [0.2, 0.25) is 0 Å². The quantitative estimate of drug-likeness (QED) is 0.664. The maximum Gasteiger partial charge on any atom is 0.331 e. The van der Waals surface area contributed by atoms with E-state index in [9.17, 15) is 14.9 Å². The van der Waals surface area contributed by atoms with Crippen LogP contribution in [-0.4, -0.2) is 23.5 Å². The zero-order chi connectivity index (χ0) is 16.7. The van der Waals surface area contributed by atoms with E-state index in [1.807, 2.05) is 16.8 Å². The Kier molecular flexibility index (Phi) is 5.94. The first kappa shape index (κ1) is 17.2. The Bertz CT molecular complexity index is 610. The lowest BCUT2D eigenvalue weighted by atomic mass is 9.83. The van der Waals surface area contributed by atoms with E-state index in [1.54, 1.807) is 6.08 Å². The number of ether oxygens (including phenoxy) is 1. The highest BCUT2D eigenvalue weighted by Gasteiger charge is 2.35. The molecule has 1 amide bonds. The predicted molar refractivity (Wildman–Crippen MR) is 88.5 cm³/mol. The molecule has 1 aromatic rings. The van der Waals surface area contributed by atoms with Crippen molar-refractivity contribution in [2.24, 2.45) is 0 Å². The van der Waals surface area contributed by atoms with Crippen LogP contribution < -0.4 is 5.32 Å². The number of esters is 1. The van der Waals surface area contributed by atoms with E-state index in [0.717, 1.165) is 24.8 Å². The lowest BCUT2D eigenvalue weighted by molar-refractivity contribution is -0.150. The predicted octanol–water partition coefficient (Wildman–Crippen LogP) is 3.04. The van der Waals surface area contributed by atoms with E-state index in [2.05, 4.69) is 11.4 Å². The number of rotatable bonds is 5. The van der Waals surface area contributed by atoms with E-state index in [-0.39, 0.29) is 0 Å². The number of thiophene rings is 1. The Morgan fingerprint density at radius 3 is 2.78 bits per heavy atom. The van der Waals surface area contributed by atoms with E-state index in [4.69, 9.17) is 4.74 Å². The van der Waals surface area contributed by atoms with Crippen LogP contribution in [-0.2, 0) is 14.3 Å². The summed E-state index contributed by atoms with van der Waals surface area (Å²) in [6.07, 6.45) is 6.23. The Balaban J connectivity index is 1.87. The highest BCUT2D eigenvalue weighted by atomic mass is 32.1. The van der Waals surface area contributed by atoms with Gasteiger partial charge in [0.1, 0.15) is 5.54 Å². The zero-order valence-corrected chi connectivity index (χ0v) is 13.9. The number of hydrogen-bond donors (Lipinski definition) is 1. The first-order valence-corrected chi connectivity index (χ1v) is 8.63. The van der Waals surface area contributed by atoms with Gasteiger partial charge in [-0.15, -0.1) is 0 Å². The molecule has 1 fully saturated rings. The third-order valence-electron chi connectivity index (χ3n) is 3.90. The second kappa shape index (κ2) is 7.93. The average molecular weight is 332 g/mol. The summed E-state index contributed by atoms with van der Waals surface area (Å²) >= 11 is 1.53. The van der Waals surface area contributed by atoms with Gasteiger partial charge in [-0.3, -0.25) is 4.79 Å². The van der Waals surface area contributed by atoms with Gasteiger partial charge in [0.15, 0.2) is 6.10 Å². The minimum Gasteiger partial charge on any atom is -0.449 e. The van der Waals surface area contributed by atoms with Crippen molar-refractivity contribution in [3.05, 3.63) is 28.5 Å². The molecule has 0 spiro atoms. The van der Waals surface area contributed by atoms with Gasteiger partial charge in [0.25, 0.3) is 5.91 Å². The van der Waals surface area contributed by atoms with Crippen LogP contribution in [0.5, 0.6) is 0 Å². The van der Waals surface area contributed by atoms with Crippen LogP contribution in [0, 0.1) is 11.3 Å². The lowest BCUT2D eigenvalue weighted by Gasteiger charge is -2.32. The van der Waals surface area contributed by atoms with Gasteiger partial charge in [-0.25, -0.2) is 4.79 Å². The minimum atomic E-state index is -0.929. The van der Waals surface area contributed by atoms with Crippen molar-refractivity contribution in [3.8, 4) is 6.07 Å². The van der Waals surface area contributed by atoms with Crippen molar-refractivity contribution in [1.29, 1.82) is 5.26 Å². The number of hydrogen-bond acceptors (Lipinski definition) is 5. The zero-order valence-electron chi connectivity index (χ0n) is 13.1. The summed E-state index contributed by atoms with van der Waals surface area (Å²) in [6.45, 7) is 1.51. The fourth-order valence-corrected chi connectivity index (χ4v) is 3.19. The number of nitriles is 1. The van der Waals surface area contributed by atoms with Crippen molar-refractivity contribution in [2.75, 3.05) is 0 Å². The Morgan fingerprint density at radius 2 is 2.17 bits per heavy atom. The molecule has 1 heterocycles. The molecule has 0 aromatic carbocycles. The molecule has 1 aliphatic carbocycles. The largest absolute Gasteiger partial charge is 0.449 e. The van der Waals surface area contributed by atoms with Gasteiger partial charge in [0.05, 0.1) is 6.07 Å². The molecule has 0 aliphatic heterocycles. The number of carbonyl (C=O) groups excluding carboxylic acids is 2. The first-order chi connectivity index (χ1) is 11.0. The van der Waals surface area contributed by atoms with Crippen LogP contribution in [0.1, 0.15) is 44.6 Å². The summed E-state index contributed by atoms with van der Waals surface area (Å²) in [7, 11) is 0. The average Bonchev–Trinajstić information content (AvgIpc) is 3.07. The molecule has 0 unspecified atom stereocenters. The van der Waals surface area contributed by atoms with Crippen molar-refractivity contribution in [1.82, 2.24) is 5.32 Å². The SMILES string of the molecule is C[C@@H](OC(=O)/C=C/c1ccsc1)C(=O)NC1(C#N)CCCCC1. The number of carbonyl (C=O) groups is 2. The second-order valence-corrected chi connectivity index (χ2v) is 6.49. The molecule has 1 N–H and O–H groups in total. The van der Waals surface area contributed by atoms with Crippen molar-refractivity contribution in [3.63, 3.8) is 0 Å². The molecular formula is C17H20N2O3S. The van der Waals surface area contributed by atoms with Gasteiger partial charge in [0, 0.05) is 6.08 Å². The van der Waals surface area contributed by atoms with E-state index >= 15 is 0 Å². The van der Waals surface area contributed by atoms with Gasteiger partial charge in [-0.1, -0.05) is 19.3 Å². The maximum atomic E-state index is 12.2.